The molecule has 1 N–H and O–H groups in total. The second kappa shape index (κ2) is 9.88. The lowest BCUT2D eigenvalue weighted by molar-refractivity contribution is -0.148. The Morgan fingerprint density at radius 2 is 1.55 bits per heavy atom. The van der Waals surface area contributed by atoms with E-state index in [4.69, 9.17) is 4.74 Å². The van der Waals surface area contributed by atoms with Crippen molar-refractivity contribution in [3.63, 3.8) is 0 Å². The molecule has 150 valence electrons. The standard InChI is InChI=1S/C21H20N2O5S/c24-18(22-10-11-29-14-15-6-2-1-3-7-15)13-28-19(25)12-23-20(26)16-8-4-5-9-17(16)21(23)27/h1-9H,10-14H2,(H,22,24). The van der Waals surface area contributed by atoms with Gasteiger partial charge >= 0.3 is 5.97 Å². The van der Waals surface area contributed by atoms with Gasteiger partial charge in [0.2, 0.25) is 0 Å². The summed E-state index contributed by atoms with van der Waals surface area (Å²) in [5.41, 5.74) is 1.73. The molecule has 0 saturated heterocycles. The molecule has 2 aromatic carbocycles. The second-order valence-electron chi connectivity index (χ2n) is 6.29. The third-order valence-electron chi connectivity index (χ3n) is 4.21. The predicted molar refractivity (Wildman–Crippen MR) is 108 cm³/mol. The van der Waals surface area contributed by atoms with E-state index in [1.807, 2.05) is 30.3 Å². The zero-order chi connectivity index (χ0) is 20.6. The van der Waals surface area contributed by atoms with Crippen molar-refractivity contribution >= 4 is 35.5 Å². The van der Waals surface area contributed by atoms with Crippen LogP contribution in [0.4, 0.5) is 0 Å². The van der Waals surface area contributed by atoms with Gasteiger partial charge < -0.3 is 10.1 Å². The average Bonchev–Trinajstić information content (AvgIpc) is 2.98. The fourth-order valence-corrected chi connectivity index (χ4v) is 3.60. The van der Waals surface area contributed by atoms with Crippen LogP contribution in [-0.2, 0) is 20.1 Å². The second-order valence-corrected chi connectivity index (χ2v) is 7.40. The minimum atomic E-state index is -0.812. The summed E-state index contributed by atoms with van der Waals surface area (Å²) in [4.78, 5) is 48.9. The van der Waals surface area contributed by atoms with Gasteiger partial charge in [-0.25, -0.2) is 0 Å². The lowest BCUT2D eigenvalue weighted by atomic mass is 10.1. The highest BCUT2D eigenvalue weighted by molar-refractivity contribution is 7.98. The molecule has 1 heterocycles. The molecule has 8 heteroatoms. The monoisotopic (exact) mass is 412 g/mol. The first-order valence-corrected chi connectivity index (χ1v) is 10.2. The van der Waals surface area contributed by atoms with E-state index in [1.165, 1.54) is 17.7 Å². The third kappa shape index (κ3) is 5.45. The maximum Gasteiger partial charge on any atom is 0.326 e. The Labute approximate surface area is 172 Å². The van der Waals surface area contributed by atoms with Crippen LogP contribution in [0.15, 0.2) is 54.6 Å². The molecular weight excluding hydrogens is 392 g/mol. The van der Waals surface area contributed by atoms with Gasteiger partial charge in [0.1, 0.15) is 6.54 Å². The van der Waals surface area contributed by atoms with Gasteiger partial charge in [-0.05, 0) is 17.7 Å². The number of nitrogens with zero attached hydrogens (tertiary/aromatic N) is 1. The van der Waals surface area contributed by atoms with Crippen LogP contribution in [0.5, 0.6) is 0 Å². The summed E-state index contributed by atoms with van der Waals surface area (Å²) in [7, 11) is 0. The maximum atomic E-state index is 12.2. The van der Waals surface area contributed by atoms with E-state index in [0.717, 1.165) is 16.4 Å². The van der Waals surface area contributed by atoms with Crippen LogP contribution < -0.4 is 5.32 Å². The topological polar surface area (TPSA) is 92.8 Å². The molecule has 7 nitrogen and oxygen atoms in total. The van der Waals surface area contributed by atoms with Crippen molar-refractivity contribution in [3.8, 4) is 0 Å². The summed E-state index contributed by atoms with van der Waals surface area (Å²) in [5.74, 6) is -0.741. The van der Waals surface area contributed by atoms with Crippen molar-refractivity contribution in [2.24, 2.45) is 0 Å². The van der Waals surface area contributed by atoms with E-state index in [1.54, 1.807) is 23.9 Å². The molecule has 29 heavy (non-hydrogen) atoms. The molecule has 0 bridgehead atoms. The van der Waals surface area contributed by atoms with Gasteiger partial charge in [0.15, 0.2) is 6.61 Å². The first-order valence-electron chi connectivity index (χ1n) is 9.05. The minimum Gasteiger partial charge on any atom is -0.454 e. The average molecular weight is 412 g/mol. The third-order valence-corrected chi connectivity index (χ3v) is 5.24. The molecule has 2 aromatic rings. The zero-order valence-electron chi connectivity index (χ0n) is 15.6. The fourth-order valence-electron chi connectivity index (χ4n) is 2.78. The van der Waals surface area contributed by atoms with Crippen molar-refractivity contribution in [2.75, 3.05) is 25.4 Å². The Morgan fingerprint density at radius 1 is 0.931 bits per heavy atom. The first kappa shape index (κ1) is 20.6. The van der Waals surface area contributed by atoms with Crippen molar-refractivity contribution in [3.05, 3.63) is 71.3 Å². The molecule has 0 aromatic heterocycles. The zero-order valence-corrected chi connectivity index (χ0v) is 16.4. The normalized spacial score (nSPS) is 12.6. The molecule has 1 aliphatic heterocycles. The van der Waals surface area contributed by atoms with Gasteiger partial charge in [0.25, 0.3) is 17.7 Å². The number of nitrogens with one attached hydrogen (secondary N) is 1. The van der Waals surface area contributed by atoms with E-state index in [9.17, 15) is 19.2 Å². The van der Waals surface area contributed by atoms with Crippen LogP contribution >= 0.6 is 11.8 Å². The van der Waals surface area contributed by atoms with Crippen molar-refractivity contribution in [2.45, 2.75) is 5.75 Å². The van der Waals surface area contributed by atoms with Crippen LogP contribution in [0.2, 0.25) is 0 Å². The van der Waals surface area contributed by atoms with Crippen molar-refractivity contribution in [1.29, 1.82) is 0 Å². The number of benzene rings is 2. The summed E-state index contributed by atoms with van der Waals surface area (Å²) in [6, 6.07) is 16.4. The molecular formula is C21H20N2O5S. The highest BCUT2D eigenvalue weighted by atomic mass is 32.2. The fraction of sp³-hybridized carbons (Fsp3) is 0.238. The minimum absolute atomic E-state index is 0.260. The van der Waals surface area contributed by atoms with Crippen LogP contribution in [-0.4, -0.2) is 54.0 Å². The summed E-state index contributed by atoms with van der Waals surface area (Å²) in [6.45, 7) is -0.524. The van der Waals surface area contributed by atoms with Crippen molar-refractivity contribution < 1.29 is 23.9 Å². The van der Waals surface area contributed by atoms with Gasteiger partial charge in [-0.2, -0.15) is 11.8 Å². The molecule has 0 saturated carbocycles. The summed E-state index contributed by atoms with van der Waals surface area (Å²) in [5, 5.41) is 2.67. The van der Waals surface area contributed by atoms with Gasteiger partial charge in [0, 0.05) is 18.1 Å². The maximum absolute atomic E-state index is 12.2. The Hall–Kier alpha value is -3.13. The predicted octanol–water partition coefficient (Wildman–Crippen LogP) is 1.88. The van der Waals surface area contributed by atoms with Gasteiger partial charge in [0.05, 0.1) is 11.1 Å². The number of carbonyl (C=O) groups excluding carboxylic acids is 4. The lowest BCUT2D eigenvalue weighted by Gasteiger charge is -2.13. The summed E-state index contributed by atoms with van der Waals surface area (Å²) < 4.78 is 4.88. The summed E-state index contributed by atoms with van der Waals surface area (Å²) >= 11 is 1.68. The number of fused-ring (bicyclic) bond motifs is 1. The van der Waals surface area contributed by atoms with Crippen LogP contribution in [0.25, 0.3) is 0 Å². The van der Waals surface area contributed by atoms with E-state index >= 15 is 0 Å². The first-order chi connectivity index (χ1) is 14.1. The quantitative estimate of drug-likeness (QED) is 0.384. The summed E-state index contributed by atoms with van der Waals surface area (Å²) in [6.07, 6.45) is 0. The molecule has 0 aliphatic carbocycles. The molecule has 0 atom stereocenters. The van der Waals surface area contributed by atoms with E-state index in [0.29, 0.717) is 6.54 Å². The molecule has 0 unspecified atom stereocenters. The number of thioether (sulfide) groups is 1. The Bertz CT molecular complexity index is 881. The van der Waals surface area contributed by atoms with Gasteiger partial charge in [-0.3, -0.25) is 24.1 Å². The Morgan fingerprint density at radius 3 is 2.21 bits per heavy atom. The van der Waals surface area contributed by atoms with Crippen molar-refractivity contribution in [1.82, 2.24) is 10.2 Å². The largest absolute Gasteiger partial charge is 0.454 e. The highest BCUT2D eigenvalue weighted by Gasteiger charge is 2.36. The molecule has 3 amide bonds. The number of rotatable bonds is 9. The van der Waals surface area contributed by atoms with E-state index < -0.39 is 36.8 Å². The number of esters is 1. The number of amides is 3. The van der Waals surface area contributed by atoms with Gasteiger partial charge in [-0.1, -0.05) is 42.5 Å². The van der Waals surface area contributed by atoms with E-state index in [2.05, 4.69) is 5.32 Å². The Balaban J connectivity index is 1.33. The SMILES string of the molecule is O=C(COC(=O)CN1C(=O)c2ccccc2C1=O)NCCSCc1ccccc1. The molecule has 3 rings (SSSR count). The smallest absolute Gasteiger partial charge is 0.326 e. The highest BCUT2D eigenvalue weighted by Crippen LogP contribution is 2.22. The molecule has 0 fully saturated rings. The number of ether oxygens (including phenoxy) is 1. The molecule has 0 spiro atoms. The number of hydrogen-bond acceptors (Lipinski definition) is 6. The molecule has 1 aliphatic rings. The van der Waals surface area contributed by atoms with Crippen LogP contribution in [0, 0.1) is 0 Å². The van der Waals surface area contributed by atoms with E-state index in [-0.39, 0.29) is 11.1 Å². The lowest BCUT2D eigenvalue weighted by Crippen LogP contribution is -2.37. The Kier molecular flexibility index (Phi) is 7.02. The van der Waals surface area contributed by atoms with Gasteiger partial charge in [-0.15, -0.1) is 0 Å². The van der Waals surface area contributed by atoms with Crippen LogP contribution in [0.1, 0.15) is 26.3 Å². The molecule has 0 radical (unpaired) electrons. The number of imide groups is 1. The number of carbonyl (C=O) groups is 4. The van der Waals surface area contributed by atoms with Crippen LogP contribution in [0.3, 0.4) is 0 Å². The number of hydrogen-bond donors (Lipinski definition) is 1.